The van der Waals surface area contributed by atoms with E-state index in [2.05, 4.69) is 46.9 Å². The Bertz CT molecular complexity index is 153. The lowest BCUT2D eigenvalue weighted by molar-refractivity contribution is 0.115. The topological polar surface area (TPSA) is 12.0 Å². The molecule has 0 bridgehead atoms. The van der Waals surface area contributed by atoms with Crippen molar-refractivity contribution < 1.29 is 0 Å². The first-order chi connectivity index (χ1) is 6.81. The Labute approximate surface area is 97.0 Å². The van der Waals surface area contributed by atoms with Crippen molar-refractivity contribution in [2.75, 3.05) is 13.1 Å². The van der Waals surface area contributed by atoms with Gasteiger partial charge in [-0.3, -0.25) is 0 Å². The Kier molecular flexibility index (Phi) is 6.51. The molecule has 15 heavy (non-hydrogen) atoms. The molecule has 0 fully saturated rings. The molecular formula is C14H31N. The van der Waals surface area contributed by atoms with Gasteiger partial charge in [-0.05, 0) is 36.8 Å². The third-order valence-corrected chi connectivity index (χ3v) is 3.94. The molecule has 1 nitrogen and oxygen atoms in total. The normalized spacial score (nSPS) is 13.2. The summed E-state index contributed by atoms with van der Waals surface area (Å²) in [4.78, 5) is 0. The van der Waals surface area contributed by atoms with Gasteiger partial charge < -0.3 is 5.32 Å². The second-order valence-electron chi connectivity index (χ2n) is 6.30. The van der Waals surface area contributed by atoms with Gasteiger partial charge in [0.15, 0.2) is 0 Å². The maximum Gasteiger partial charge on any atom is -0.00490 e. The summed E-state index contributed by atoms with van der Waals surface area (Å²) in [5.41, 5.74) is 0.889. The first-order valence-corrected chi connectivity index (χ1v) is 6.52. The van der Waals surface area contributed by atoms with Crippen LogP contribution in [0, 0.1) is 10.8 Å². The van der Waals surface area contributed by atoms with Gasteiger partial charge in [-0.1, -0.05) is 54.4 Å². The highest BCUT2D eigenvalue weighted by Gasteiger charge is 2.31. The molecular weight excluding hydrogens is 182 g/mol. The van der Waals surface area contributed by atoms with Crippen LogP contribution in [-0.2, 0) is 0 Å². The Balaban J connectivity index is 3.58. The summed E-state index contributed by atoms with van der Waals surface area (Å²) in [7, 11) is 0. The molecule has 0 aliphatic carbocycles. The van der Waals surface area contributed by atoms with Crippen LogP contribution in [0.1, 0.15) is 67.2 Å². The van der Waals surface area contributed by atoms with E-state index in [4.69, 9.17) is 0 Å². The van der Waals surface area contributed by atoms with Crippen LogP contribution in [0.5, 0.6) is 0 Å². The van der Waals surface area contributed by atoms with Crippen LogP contribution in [-0.4, -0.2) is 13.1 Å². The van der Waals surface area contributed by atoms with Crippen LogP contribution in [0.3, 0.4) is 0 Å². The maximum absolute atomic E-state index is 3.38. The van der Waals surface area contributed by atoms with Gasteiger partial charge >= 0.3 is 0 Å². The van der Waals surface area contributed by atoms with Crippen molar-refractivity contribution in [1.29, 1.82) is 0 Å². The second kappa shape index (κ2) is 6.52. The molecule has 1 N–H and O–H groups in total. The molecule has 92 valence electrons. The second-order valence-corrected chi connectivity index (χ2v) is 6.30. The summed E-state index contributed by atoms with van der Waals surface area (Å²) < 4.78 is 0. The SMILES string of the molecule is CCNCCCCCC(C)(C)C(C)(C)C. The van der Waals surface area contributed by atoms with Crippen LogP contribution in [0.25, 0.3) is 0 Å². The van der Waals surface area contributed by atoms with Gasteiger partial charge in [0.1, 0.15) is 0 Å². The van der Waals surface area contributed by atoms with Gasteiger partial charge in [-0.25, -0.2) is 0 Å². The van der Waals surface area contributed by atoms with Gasteiger partial charge in [0.05, 0.1) is 0 Å². The van der Waals surface area contributed by atoms with E-state index in [1.165, 1.54) is 32.2 Å². The fourth-order valence-electron chi connectivity index (χ4n) is 1.55. The number of unbranched alkanes of at least 4 members (excludes halogenated alkanes) is 2. The maximum atomic E-state index is 3.38. The predicted molar refractivity (Wildman–Crippen MR) is 70.2 cm³/mol. The highest BCUT2D eigenvalue weighted by Crippen LogP contribution is 2.41. The Morgan fingerprint density at radius 3 is 1.93 bits per heavy atom. The van der Waals surface area contributed by atoms with Gasteiger partial charge in [-0.15, -0.1) is 0 Å². The van der Waals surface area contributed by atoms with E-state index in [0.29, 0.717) is 10.8 Å². The van der Waals surface area contributed by atoms with E-state index in [-0.39, 0.29) is 0 Å². The van der Waals surface area contributed by atoms with Crippen LogP contribution >= 0.6 is 0 Å². The number of nitrogens with one attached hydrogen (secondary N) is 1. The van der Waals surface area contributed by atoms with Crippen LogP contribution in [0.4, 0.5) is 0 Å². The molecule has 0 atom stereocenters. The summed E-state index contributed by atoms with van der Waals surface area (Å²) in [6.07, 6.45) is 5.42. The molecule has 0 rings (SSSR count). The third-order valence-electron chi connectivity index (χ3n) is 3.94. The highest BCUT2D eigenvalue weighted by molar-refractivity contribution is 4.82. The summed E-state index contributed by atoms with van der Waals surface area (Å²) >= 11 is 0. The van der Waals surface area contributed by atoms with E-state index < -0.39 is 0 Å². The van der Waals surface area contributed by atoms with E-state index in [1.54, 1.807) is 0 Å². The van der Waals surface area contributed by atoms with E-state index >= 15 is 0 Å². The zero-order chi connectivity index (χ0) is 11.9. The standard InChI is InChI=1S/C14H31N/c1-7-15-12-10-8-9-11-14(5,6)13(2,3)4/h15H,7-12H2,1-6H3. The molecule has 0 aromatic heterocycles. The average molecular weight is 213 g/mol. The number of rotatable bonds is 7. The predicted octanol–water partition coefficient (Wildman–Crippen LogP) is 4.23. The van der Waals surface area contributed by atoms with Gasteiger partial charge in [0.2, 0.25) is 0 Å². The molecule has 0 heterocycles. The zero-order valence-corrected chi connectivity index (χ0v) is 11.7. The van der Waals surface area contributed by atoms with Crippen molar-refractivity contribution in [1.82, 2.24) is 5.32 Å². The Hall–Kier alpha value is -0.0400. The lowest BCUT2D eigenvalue weighted by Gasteiger charge is -2.39. The molecule has 0 spiro atoms. The van der Waals surface area contributed by atoms with Crippen LogP contribution in [0.15, 0.2) is 0 Å². The van der Waals surface area contributed by atoms with Gasteiger partial charge in [0.25, 0.3) is 0 Å². The Morgan fingerprint density at radius 1 is 0.867 bits per heavy atom. The zero-order valence-electron chi connectivity index (χ0n) is 11.7. The minimum absolute atomic E-state index is 0.425. The Morgan fingerprint density at radius 2 is 1.47 bits per heavy atom. The molecule has 0 saturated heterocycles. The van der Waals surface area contributed by atoms with Crippen molar-refractivity contribution in [3.63, 3.8) is 0 Å². The van der Waals surface area contributed by atoms with Crippen molar-refractivity contribution in [2.24, 2.45) is 10.8 Å². The molecule has 0 aliphatic heterocycles. The monoisotopic (exact) mass is 213 g/mol. The largest absolute Gasteiger partial charge is 0.317 e. The van der Waals surface area contributed by atoms with E-state index in [9.17, 15) is 0 Å². The summed E-state index contributed by atoms with van der Waals surface area (Å²) in [6.45, 7) is 16.3. The molecule has 0 aromatic rings. The minimum atomic E-state index is 0.425. The number of hydrogen-bond donors (Lipinski definition) is 1. The molecule has 0 amide bonds. The number of hydrogen-bond acceptors (Lipinski definition) is 1. The van der Waals surface area contributed by atoms with Crippen LogP contribution < -0.4 is 5.32 Å². The first kappa shape index (κ1) is 15.0. The summed E-state index contributed by atoms with van der Waals surface area (Å²) in [6, 6.07) is 0. The quantitative estimate of drug-likeness (QED) is 0.624. The summed E-state index contributed by atoms with van der Waals surface area (Å²) in [5.74, 6) is 0. The van der Waals surface area contributed by atoms with Gasteiger partial charge in [0, 0.05) is 0 Å². The van der Waals surface area contributed by atoms with Crippen molar-refractivity contribution in [2.45, 2.75) is 67.2 Å². The lowest BCUT2D eigenvalue weighted by atomic mass is 9.67. The van der Waals surface area contributed by atoms with Crippen molar-refractivity contribution in [3.05, 3.63) is 0 Å². The fraction of sp³-hybridized carbons (Fsp3) is 1.00. The van der Waals surface area contributed by atoms with Gasteiger partial charge in [-0.2, -0.15) is 0 Å². The molecule has 0 aromatic carbocycles. The highest BCUT2D eigenvalue weighted by atomic mass is 14.8. The third kappa shape index (κ3) is 6.19. The first-order valence-electron chi connectivity index (χ1n) is 6.52. The smallest absolute Gasteiger partial charge is 0.00490 e. The molecule has 0 radical (unpaired) electrons. The molecule has 0 saturated carbocycles. The molecule has 0 aliphatic rings. The average Bonchev–Trinajstić information content (AvgIpc) is 2.09. The minimum Gasteiger partial charge on any atom is -0.317 e. The molecule has 0 unspecified atom stereocenters. The lowest BCUT2D eigenvalue weighted by Crippen LogP contribution is -2.29. The van der Waals surface area contributed by atoms with Crippen molar-refractivity contribution in [3.8, 4) is 0 Å². The fourth-order valence-corrected chi connectivity index (χ4v) is 1.55. The van der Waals surface area contributed by atoms with Crippen molar-refractivity contribution >= 4 is 0 Å². The van der Waals surface area contributed by atoms with E-state index in [1.807, 2.05) is 0 Å². The summed E-state index contributed by atoms with van der Waals surface area (Å²) in [5, 5.41) is 3.38. The molecule has 1 heteroatoms. The van der Waals surface area contributed by atoms with E-state index in [0.717, 1.165) is 6.54 Å². The van der Waals surface area contributed by atoms with Crippen LogP contribution in [0.2, 0.25) is 0 Å².